The van der Waals surface area contributed by atoms with Gasteiger partial charge < -0.3 is 23.8 Å². The SMILES string of the molecule is COC(=O)[C@]12CCN(C(=O)c3cc4c(cc3I)OCO4)C1=CC[C@@H](OC(=O)c1ccccc1)C2. The molecule has 176 valence electrons. The third-order valence-corrected chi connectivity index (χ3v) is 7.38. The van der Waals surface area contributed by atoms with Gasteiger partial charge in [-0.1, -0.05) is 24.3 Å². The van der Waals surface area contributed by atoms with Crippen molar-refractivity contribution in [1.29, 1.82) is 0 Å². The van der Waals surface area contributed by atoms with Crippen molar-refractivity contribution in [2.75, 3.05) is 20.4 Å². The van der Waals surface area contributed by atoms with Crippen LogP contribution in [0.1, 0.15) is 40.0 Å². The minimum atomic E-state index is -1.05. The highest BCUT2D eigenvalue weighted by atomic mass is 127. The summed E-state index contributed by atoms with van der Waals surface area (Å²) in [6, 6.07) is 12.2. The summed E-state index contributed by atoms with van der Waals surface area (Å²) in [7, 11) is 1.33. The molecule has 0 unspecified atom stereocenters. The third kappa shape index (κ3) is 3.81. The zero-order valence-corrected chi connectivity index (χ0v) is 20.6. The van der Waals surface area contributed by atoms with E-state index in [1.54, 1.807) is 41.3 Å². The van der Waals surface area contributed by atoms with Crippen molar-refractivity contribution in [1.82, 2.24) is 4.90 Å². The van der Waals surface area contributed by atoms with E-state index in [0.29, 0.717) is 47.7 Å². The molecule has 0 saturated carbocycles. The topological polar surface area (TPSA) is 91.4 Å². The van der Waals surface area contributed by atoms with Crippen molar-refractivity contribution in [2.24, 2.45) is 5.41 Å². The molecule has 2 aliphatic heterocycles. The fourth-order valence-corrected chi connectivity index (χ4v) is 5.51. The van der Waals surface area contributed by atoms with E-state index in [1.165, 1.54) is 7.11 Å². The number of ether oxygens (including phenoxy) is 4. The molecule has 3 aliphatic rings. The van der Waals surface area contributed by atoms with E-state index in [1.807, 2.05) is 12.1 Å². The van der Waals surface area contributed by atoms with Gasteiger partial charge in [-0.15, -0.1) is 0 Å². The normalized spacial score (nSPS) is 22.6. The van der Waals surface area contributed by atoms with E-state index < -0.39 is 23.5 Å². The zero-order valence-electron chi connectivity index (χ0n) is 18.4. The van der Waals surface area contributed by atoms with Crippen LogP contribution in [0.3, 0.4) is 0 Å². The lowest BCUT2D eigenvalue weighted by molar-refractivity contribution is -0.152. The predicted octanol–water partition coefficient (Wildman–Crippen LogP) is 3.93. The molecule has 1 amide bonds. The van der Waals surface area contributed by atoms with Crippen LogP contribution in [-0.4, -0.2) is 49.3 Å². The Kier molecular flexibility index (Phi) is 5.97. The number of rotatable bonds is 4. The minimum Gasteiger partial charge on any atom is -0.468 e. The summed E-state index contributed by atoms with van der Waals surface area (Å²) in [6.45, 7) is 0.468. The number of methoxy groups -OCH3 is 1. The van der Waals surface area contributed by atoms with Crippen molar-refractivity contribution in [3.8, 4) is 11.5 Å². The lowest BCUT2D eigenvalue weighted by Gasteiger charge is -2.36. The summed E-state index contributed by atoms with van der Waals surface area (Å²) in [5.41, 5.74) is 0.477. The highest BCUT2D eigenvalue weighted by Crippen LogP contribution is 2.50. The number of fused-ring (bicyclic) bond motifs is 2. The van der Waals surface area contributed by atoms with Gasteiger partial charge in [0.05, 0.1) is 18.2 Å². The Morgan fingerprint density at radius 1 is 1.12 bits per heavy atom. The monoisotopic (exact) mass is 575 g/mol. The number of carbonyl (C=O) groups excluding carboxylic acids is 3. The standard InChI is InChI=1S/C25H22INO7/c1-31-24(30)25-9-10-27(22(28)17-11-19-20(12-18(17)26)33-14-32-19)21(25)8-7-16(13-25)34-23(29)15-5-3-2-4-6-15/h2-6,8,11-12,16H,7,9-10,13-14H2,1H3/t16-,25+/m1/s1. The van der Waals surface area contributed by atoms with E-state index in [2.05, 4.69) is 22.6 Å². The van der Waals surface area contributed by atoms with Gasteiger partial charge in [0.15, 0.2) is 11.5 Å². The van der Waals surface area contributed by atoms with Gasteiger partial charge >= 0.3 is 11.9 Å². The van der Waals surface area contributed by atoms with E-state index in [0.717, 1.165) is 3.57 Å². The van der Waals surface area contributed by atoms with E-state index in [9.17, 15) is 14.4 Å². The molecule has 5 rings (SSSR count). The van der Waals surface area contributed by atoms with E-state index in [4.69, 9.17) is 18.9 Å². The molecule has 2 aromatic rings. The number of hydrogen-bond donors (Lipinski definition) is 0. The molecule has 9 heteroatoms. The average Bonchev–Trinajstić information content (AvgIpc) is 3.47. The number of carbonyl (C=O) groups is 3. The molecule has 2 aromatic carbocycles. The summed E-state index contributed by atoms with van der Waals surface area (Å²) < 4.78 is 22.5. The summed E-state index contributed by atoms with van der Waals surface area (Å²) in [4.78, 5) is 40.8. The Morgan fingerprint density at radius 2 is 1.85 bits per heavy atom. The second kappa shape index (κ2) is 8.94. The third-order valence-electron chi connectivity index (χ3n) is 6.49. The number of likely N-dealkylation sites (tertiary alicyclic amines) is 1. The van der Waals surface area contributed by atoms with Gasteiger partial charge in [0, 0.05) is 28.7 Å². The first-order chi connectivity index (χ1) is 16.4. The van der Waals surface area contributed by atoms with E-state index in [-0.39, 0.29) is 19.1 Å². The lowest BCUT2D eigenvalue weighted by Crippen LogP contribution is -2.42. The molecular weight excluding hydrogens is 553 g/mol. The van der Waals surface area contributed by atoms with Crippen molar-refractivity contribution >= 4 is 40.4 Å². The van der Waals surface area contributed by atoms with Crippen LogP contribution in [0.15, 0.2) is 54.2 Å². The van der Waals surface area contributed by atoms with Crippen molar-refractivity contribution < 1.29 is 33.3 Å². The number of esters is 2. The minimum absolute atomic E-state index is 0.118. The van der Waals surface area contributed by atoms with Crippen molar-refractivity contribution in [3.63, 3.8) is 0 Å². The van der Waals surface area contributed by atoms with Crippen LogP contribution in [-0.2, 0) is 14.3 Å². The van der Waals surface area contributed by atoms with E-state index >= 15 is 0 Å². The Labute approximate surface area is 209 Å². The largest absolute Gasteiger partial charge is 0.468 e. The number of nitrogens with zero attached hydrogens (tertiary/aromatic N) is 1. The van der Waals surface area contributed by atoms with Crippen LogP contribution in [0.4, 0.5) is 0 Å². The predicted molar refractivity (Wildman–Crippen MR) is 128 cm³/mol. The van der Waals surface area contributed by atoms with Crippen LogP contribution in [0, 0.1) is 8.99 Å². The van der Waals surface area contributed by atoms with Crippen molar-refractivity contribution in [3.05, 3.63) is 68.9 Å². The quantitative estimate of drug-likeness (QED) is 0.403. The number of halogens is 1. The molecule has 2 heterocycles. The van der Waals surface area contributed by atoms with Crippen LogP contribution >= 0.6 is 22.6 Å². The maximum absolute atomic E-state index is 13.6. The number of hydrogen-bond acceptors (Lipinski definition) is 7. The maximum Gasteiger partial charge on any atom is 0.338 e. The second-order valence-electron chi connectivity index (χ2n) is 8.39. The van der Waals surface area contributed by atoms with Crippen LogP contribution in [0.5, 0.6) is 11.5 Å². The molecule has 2 atom stereocenters. The van der Waals surface area contributed by atoms with Gasteiger partial charge in [-0.25, -0.2) is 4.79 Å². The molecule has 0 spiro atoms. The van der Waals surface area contributed by atoms with Gasteiger partial charge in [-0.2, -0.15) is 0 Å². The molecular formula is C25H22INO7. The lowest BCUT2D eigenvalue weighted by atomic mass is 9.74. The van der Waals surface area contributed by atoms with Gasteiger partial charge in [0.1, 0.15) is 11.5 Å². The molecule has 0 N–H and O–H groups in total. The van der Waals surface area contributed by atoms with Gasteiger partial charge in [-0.05, 0) is 53.3 Å². The molecule has 1 aliphatic carbocycles. The van der Waals surface area contributed by atoms with Gasteiger partial charge in [0.2, 0.25) is 6.79 Å². The van der Waals surface area contributed by atoms with Crippen LogP contribution in [0.25, 0.3) is 0 Å². The fourth-order valence-electron chi connectivity index (χ4n) is 4.84. The zero-order chi connectivity index (χ0) is 23.9. The first-order valence-corrected chi connectivity index (χ1v) is 12.0. The molecule has 0 radical (unpaired) electrons. The number of benzene rings is 2. The molecule has 34 heavy (non-hydrogen) atoms. The summed E-state index contributed by atoms with van der Waals surface area (Å²) >= 11 is 2.10. The molecule has 0 bridgehead atoms. The molecule has 1 saturated heterocycles. The number of amides is 1. The van der Waals surface area contributed by atoms with Crippen molar-refractivity contribution in [2.45, 2.75) is 25.4 Å². The Bertz CT molecular complexity index is 1200. The van der Waals surface area contributed by atoms with Gasteiger partial charge in [-0.3, -0.25) is 9.59 Å². The average molecular weight is 575 g/mol. The Morgan fingerprint density at radius 3 is 2.59 bits per heavy atom. The molecule has 0 aromatic heterocycles. The van der Waals surface area contributed by atoms with Crippen LogP contribution < -0.4 is 9.47 Å². The highest BCUT2D eigenvalue weighted by molar-refractivity contribution is 14.1. The first kappa shape index (κ1) is 22.7. The summed E-state index contributed by atoms with van der Waals surface area (Å²) in [6.07, 6.45) is 2.36. The molecule has 8 nitrogen and oxygen atoms in total. The highest BCUT2D eigenvalue weighted by Gasteiger charge is 2.54. The maximum atomic E-state index is 13.6. The Balaban J connectivity index is 1.42. The summed E-state index contributed by atoms with van der Waals surface area (Å²) in [5, 5.41) is 0. The first-order valence-electron chi connectivity index (χ1n) is 10.9. The molecule has 1 fully saturated rings. The van der Waals surface area contributed by atoms with Crippen LogP contribution in [0.2, 0.25) is 0 Å². The smallest absolute Gasteiger partial charge is 0.338 e. The second-order valence-corrected chi connectivity index (χ2v) is 9.55. The van der Waals surface area contributed by atoms with Gasteiger partial charge in [0.25, 0.3) is 5.91 Å². The summed E-state index contributed by atoms with van der Waals surface area (Å²) in [5.74, 6) is 0.0246. The fraction of sp³-hybridized carbons (Fsp3) is 0.320. The Hall–Kier alpha value is -3.08.